The van der Waals surface area contributed by atoms with Gasteiger partial charge in [0.1, 0.15) is 0 Å². The van der Waals surface area contributed by atoms with E-state index in [9.17, 15) is 9.90 Å². The fraction of sp³-hybridized carbons (Fsp3) is 0.750. The molecule has 1 aliphatic heterocycles. The molecule has 1 aromatic rings. The zero-order valence-corrected chi connectivity index (χ0v) is 12.7. The van der Waals surface area contributed by atoms with E-state index in [1.807, 2.05) is 18.0 Å². The molecule has 2 heterocycles. The van der Waals surface area contributed by atoms with Crippen molar-refractivity contribution in [2.24, 2.45) is 13.0 Å². The summed E-state index contributed by atoms with van der Waals surface area (Å²) in [5.74, 6) is 0.454. The third-order valence-corrected chi connectivity index (χ3v) is 5.15. The van der Waals surface area contributed by atoms with Crippen molar-refractivity contribution in [2.75, 3.05) is 6.54 Å². The van der Waals surface area contributed by atoms with Crippen molar-refractivity contribution in [3.63, 3.8) is 0 Å². The van der Waals surface area contributed by atoms with Crippen molar-refractivity contribution >= 4 is 5.91 Å². The molecule has 5 heteroatoms. The van der Waals surface area contributed by atoms with Gasteiger partial charge in [0.25, 0.3) is 0 Å². The average molecular weight is 291 g/mol. The number of aliphatic hydroxyl groups is 1. The Hall–Kier alpha value is -1.36. The lowest BCUT2D eigenvalue weighted by Crippen LogP contribution is -2.45. The predicted octanol–water partition coefficient (Wildman–Crippen LogP) is 1.50. The first-order chi connectivity index (χ1) is 10.2. The predicted molar refractivity (Wildman–Crippen MR) is 79.6 cm³/mol. The smallest absolute Gasteiger partial charge is 0.228 e. The molecule has 3 rings (SSSR count). The number of aromatic nitrogens is 2. The number of aliphatic hydroxyl groups excluding tert-OH is 1. The molecule has 0 radical (unpaired) electrons. The van der Waals surface area contributed by atoms with Gasteiger partial charge in [-0.25, -0.2) is 0 Å². The van der Waals surface area contributed by atoms with Gasteiger partial charge in [-0.1, -0.05) is 12.8 Å². The molecular weight excluding hydrogens is 266 g/mol. The van der Waals surface area contributed by atoms with E-state index in [4.69, 9.17) is 0 Å². The van der Waals surface area contributed by atoms with Crippen LogP contribution in [0.5, 0.6) is 0 Å². The number of rotatable bonds is 3. The van der Waals surface area contributed by atoms with Crippen LogP contribution < -0.4 is 0 Å². The molecule has 2 aliphatic rings. The molecule has 0 bridgehead atoms. The molecule has 21 heavy (non-hydrogen) atoms. The third kappa shape index (κ3) is 2.98. The van der Waals surface area contributed by atoms with Crippen LogP contribution >= 0.6 is 0 Å². The second kappa shape index (κ2) is 6.18. The zero-order valence-electron chi connectivity index (χ0n) is 12.7. The van der Waals surface area contributed by atoms with Gasteiger partial charge in [0.05, 0.1) is 12.5 Å². The Morgan fingerprint density at radius 3 is 2.86 bits per heavy atom. The highest BCUT2D eigenvalue weighted by Gasteiger charge is 2.38. The quantitative estimate of drug-likeness (QED) is 0.918. The molecule has 1 saturated carbocycles. The van der Waals surface area contributed by atoms with Crippen LogP contribution in [0.4, 0.5) is 0 Å². The van der Waals surface area contributed by atoms with E-state index in [-0.39, 0.29) is 24.0 Å². The highest BCUT2D eigenvalue weighted by molar-refractivity contribution is 5.79. The number of carbonyl (C=O) groups excluding carboxylic acids is 1. The van der Waals surface area contributed by atoms with Crippen LogP contribution in [0.2, 0.25) is 0 Å². The van der Waals surface area contributed by atoms with Crippen molar-refractivity contribution in [2.45, 2.75) is 57.1 Å². The van der Waals surface area contributed by atoms with Gasteiger partial charge in [0.15, 0.2) is 0 Å². The van der Waals surface area contributed by atoms with Crippen LogP contribution in [0.3, 0.4) is 0 Å². The molecule has 1 N–H and O–H groups in total. The van der Waals surface area contributed by atoms with Gasteiger partial charge in [-0.3, -0.25) is 9.48 Å². The summed E-state index contributed by atoms with van der Waals surface area (Å²) in [6.45, 7) is 0.838. The molecule has 1 saturated heterocycles. The van der Waals surface area contributed by atoms with E-state index in [2.05, 4.69) is 5.10 Å². The topological polar surface area (TPSA) is 58.4 Å². The molecule has 1 aliphatic carbocycles. The number of aryl methyl sites for hydroxylation is 1. The number of likely N-dealkylation sites (tertiary alicyclic amines) is 1. The van der Waals surface area contributed by atoms with Gasteiger partial charge < -0.3 is 10.0 Å². The van der Waals surface area contributed by atoms with Crippen molar-refractivity contribution in [3.8, 4) is 0 Å². The fourth-order valence-electron chi connectivity index (χ4n) is 3.97. The van der Waals surface area contributed by atoms with Gasteiger partial charge in [-0.15, -0.1) is 0 Å². The van der Waals surface area contributed by atoms with E-state index >= 15 is 0 Å². The summed E-state index contributed by atoms with van der Waals surface area (Å²) in [5.41, 5.74) is 0.954. The number of nitrogens with zero attached hydrogens (tertiary/aromatic N) is 3. The minimum atomic E-state index is -0.228. The molecular formula is C16H25N3O2. The van der Waals surface area contributed by atoms with Crippen molar-refractivity contribution in [3.05, 3.63) is 18.0 Å². The summed E-state index contributed by atoms with van der Waals surface area (Å²) in [5, 5.41) is 14.4. The van der Waals surface area contributed by atoms with E-state index in [0.717, 1.165) is 44.3 Å². The zero-order chi connectivity index (χ0) is 14.8. The van der Waals surface area contributed by atoms with Crippen molar-refractivity contribution < 1.29 is 9.90 Å². The van der Waals surface area contributed by atoms with Gasteiger partial charge in [0, 0.05) is 37.4 Å². The molecule has 116 valence electrons. The lowest BCUT2D eigenvalue weighted by molar-refractivity contribution is -0.133. The van der Waals surface area contributed by atoms with E-state index in [0.29, 0.717) is 6.42 Å². The summed E-state index contributed by atoms with van der Waals surface area (Å²) < 4.78 is 1.76. The highest BCUT2D eigenvalue weighted by atomic mass is 16.3. The normalized spacial score (nSPS) is 29.8. The van der Waals surface area contributed by atoms with E-state index in [1.54, 1.807) is 10.9 Å². The first kappa shape index (κ1) is 14.6. The summed E-state index contributed by atoms with van der Waals surface area (Å²) in [4.78, 5) is 14.6. The molecule has 3 atom stereocenters. The minimum Gasteiger partial charge on any atom is -0.393 e. The number of carbonyl (C=O) groups is 1. The number of hydrogen-bond donors (Lipinski definition) is 1. The van der Waals surface area contributed by atoms with Crippen LogP contribution in [0.25, 0.3) is 0 Å². The summed E-state index contributed by atoms with van der Waals surface area (Å²) in [6, 6.07) is 2.14. The Labute approximate surface area is 125 Å². The molecule has 1 amide bonds. The Kier molecular flexibility index (Phi) is 4.29. The van der Waals surface area contributed by atoms with E-state index in [1.165, 1.54) is 6.42 Å². The number of amides is 1. The molecule has 0 spiro atoms. The first-order valence-corrected chi connectivity index (χ1v) is 8.11. The maximum Gasteiger partial charge on any atom is 0.228 e. The average Bonchev–Trinajstić information content (AvgIpc) is 3.09. The molecule has 0 unspecified atom stereocenters. The second-order valence-corrected chi connectivity index (χ2v) is 6.44. The summed E-state index contributed by atoms with van der Waals surface area (Å²) in [6.07, 6.45) is 8.27. The van der Waals surface area contributed by atoms with Crippen LogP contribution in [-0.4, -0.2) is 44.4 Å². The monoisotopic (exact) mass is 291 g/mol. The van der Waals surface area contributed by atoms with E-state index < -0.39 is 0 Å². The largest absolute Gasteiger partial charge is 0.393 e. The van der Waals surface area contributed by atoms with Crippen molar-refractivity contribution in [1.82, 2.24) is 14.7 Å². The standard InChI is InChI=1S/C16H25N3O2/c1-18-12(8-9-17-18)11-16(21)19-10-4-6-14(19)13-5-2-3-7-15(13)20/h8-9,13-15,20H,2-7,10-11H2,1H3/t13-,14-,15+/m1/s1. The summed E-state index contributed by atoms with van der Waals surface area (Å²) >= 11 is 0. The van der Waals surface area contributed by atoms with Gasteiger partial charge in [-0.2, -0.15) is 5.10 Å². The van der Waals surface area contributed by atoms with Gasteiger partial charge in [-0.05, 0) is 31.7 Å². The third-order valence-electron chi connectivity index (χ3n) is 5.15. The molecule has 5 nitrogen and oxygen atoms in total. The van der Waals surface area contributed by atoms with Crippen LogP contribution in [0.1, 0.15) is 44.2 Å². The fourth-order valence-corrected chi connectivity index (χ4v) is 3.97. The Balaban J connectivity index is 1.68. The maximum absolute atomic E-state index is 12.6. The van der Waals surface area contributed by atoms with Gasteiger partial charge >= 0.3 is 0 Å². The van der Waals surface area contributed by atoms with Crippen LogP contribution in [0.15, 0.2) is 12.3 Å². The Morgan fingerprint density at radius 1 is 1.33 bits per heavy atom. The number of hydrogen-bond acceptors (Lipinski definition) is 3. The highest BCUT2D eigenvalue weighted by Crippen LogP contribution is 2.34. The van der Waals surface area contributed by atoms with Crippen LogP contribution in [-0.2, 0) is 18.3 Å². The minimum absolute atomic E-state index is 0.180. The van der Waals surface area contributed by atoms with Gasteiger partial charge in [0.2, 0.25) is 5.91 Å². The molecule has 0 aromatic carbocycles. The Morgan fingerprint density at radius 2 is 2.14 bits per heavy atom. The lowest BCUT2D eigenvalue weighted by Gasteiger charge is -2.37. The van der Waals surface area contributed by atoms with Crippen LogP contribution in [0, 0.1) is 5.92 Å². The maximum atomic E-state index is 12.6. The summed E-state index contributed by atoms with van der Waals surface area (Å²) in [7, 11) is 1.87. The SMILES string of the molecule is Cn1nccc1CC(=O)N1CCC[C@@H]1[C@H]1CCCC[C@@H]1O. The second-order valence-electron chi connectivity index (χ2n) is 6.44. The first-order valence-electron chi connectivity index (χ1n) is 8.11. The lowest BCUT2D eigenvalue weighted by atomic mass is 9.80. The van der Waals surface area contributed by atoms with Crippen molar-refractivity contribution in [1.29, 1.82) is 0 Å². The molecule has 1 aromatic heterocycles. The Bertz CT molecular complexity index is 499. The molecule has 2 fully saturated rings.